The van der Waals surface area contributed by atoms with E-state index in [2.05, 4.69) is 17.9 Å². The molecule has 0 bridgehead atoms. The Morgan fingerprint density at radius 3 is 2.52 bits per heavy atom. The molecule has 2 aromatic rings. The third-order valence-corrected chi connectivity index (χ3v) is 5.26. The number of hydroxylamine groups is 1. The third kappa shape index (κ3) is 7.21. The van der Waals surface area contributed by atoms with Gasteiger partial charge in [-0.15, -0.1) is 11.3 Å². The van der Waals surface area contributed by atoms with Crippen molar-refractivity contribution in [3.8, 4) is 0 Å². The van der Waals surface area contributed by atoms with E-state index in [1.165, 1.54) is 11.3 Å². The number of amides is 2. The lowest BCUT2D eigenvalue weighted by Crippen LogP contribution is -2.25. The van der Waals surface area contributed by atoms with Crippen LogP contribution in [0.3, 0.4) is 0 Å². The summed E-state index contributed by atoms with van der Waals surface area (Å²) in [6.45, 7) is 0.543. The summed E-state index contributed by atoms with van der Waals surface area (Å²) < 4.78 is 0. The summed E-state index contributed by atoms with van der Waals surface area (Å²) in [5.74, 6) is 0.192. The third-order valence-electron chi connectivity index (χ3n) is 4.00. The van der Waals surface area contributed by atoms with Crippen LogP contribution in [-0.2, 0) is 15.3 Å². The highest BCUT2D eigenvalue weighted by atomic mass is 32.1. The van der Waals surface area contributed by atoms with Crippen LogP contribution in [0.25, 0.3) is 11.6 Å². The monoisotopic (exact) mass is 404 g/mol. The van der Waals surface area contributed by atoms with Crippen molar-refractivity contribution in [2.24, 2.45) is 0 Å². The summed E-state index contributed by atoms with van der Waals surface area (Å²) in [5.41, 5.74) is 4.36. The second-order valence-electron chi connectivity index (χ2n) is 6.04. The molecule has 7 heteroatoms. The van der Waals surface area contributed by atoms with E-state index in [0.717, 1.165) is 28.8 Å². The molecule has 0 atom stereocenters. The molecule has 0 aliphatic heterocycles. The van der Waals surface area contributed by atoms with Crippen LogP contribution >= 0.6 is 24.0 Å². The molecule has 0 aliphatic carbocycles. The molecule has 0 spiro atoms. The first-order valence-electron chi connectivity index (χ1n) is 8.80. The van der Waals surface area contributed by atoms with Gasteiger partial charge in [0.2, 0.25) is 5.91 Å². The highest BCUT2D eigenvalue weighted by molar-refractivity contribution is 7.79. The minimum Gasteiger partial charge on any atom is -0.352 e. The summed E-state index contributed by atoms with van der Waals surface area (Å²) in [6.07, 6.45) is 4.44. The van der Waals surface area contributed by atoms with E-state index in [4.69, 9.17) is 5.21 Å². The topological polar surface area (TPSA) is 78.4 Å². The number of hydrogen-bond donors (Lipinski definition) is 4. The fourth-order valence-corrected chi connectivity index (χ4v) is 3.46. The molecule has 0 saturated heterocycles. The predicted molar refractivity (Wildman–Crippen MR) is 113 cm³/mol. The average Bonchev–Trinajstić information content (AvgIpc) is 3.23. The first-order valence-corrected chi connectivity index (χ1v) is 10.3. The number of thiol groups is 1. The van der Waals surface area contributed by atoms with Gasteiger partial charge in [-0.1, -0.05) is 36.8 Å². The largest absolute Gasteiger partial charge is 0.352 e. The molecule has 1 heterocycles. The van der Waals surface area contributed by atoms with Crippen LogP contribution in [0.5, 0.6) is 0 Å². The maximum atomic E-state index is 12.7. The Labute approximate surface area is 168 Å². The summed E-state index contributed by atoms with van der Waals surface area (Å²) in [7, 11) is 0. The van der Waals surface area contributed by atoms with Gasteiger partial charge in [0.25, 0.3) is 5.91 Å². The van der Waals surface area contributed by atoms with Gasteiger partial charge in [-0.05, 0) is 41.5 Å². The van der Waals surface area contributed by atoms with E-state index < -0.39 is 0 Å². The van der Waals surface area contributed by atoms with E-state index >= 15 is 0 Å². The van der Waals surface area contributed by atoms with Crippen molar-refractivity contribution in [3.05, 3.63) is 57.8 Å². The molecule has 3 N–H and O–H groups in total. The molecule has 2 amide bonds. The van der Waals surface area contributed by atoms with Gasteiger partial charge < -0.3 is 5.32 Å². The number of benzene rings is 1. The Hall–Kier alpha value is -2.09. The first-order chi connectivity index (χ1) is 13.1. The molecule has 1 aromatic heterocycles. The SMILES string of the molecule is O=C(CCCCCNC(=O)C(=Cc1ccc(CS)cc1)c1cccs1)NO. The van der Waals surface area contributed by atoms with Crippen LogP contribution < -0.4 is 10.8 Å². The molecule has 0 unspecified atom stereocenters. The van der Waals surface area contributed by atoms with E-state index in [0.29, 0.717) is 24.3 Å². The lowest BCUT2D eigenvalue weighted by Gasteiger charge is -2.08. The Balaban J connectivity index is 1.94. The van der Waals surface area contributed by atoms with Crippen LogP contribution in [0.1, 0.15) is 41.7 Å². The zero-order chi connectivity index (χ0) is 19.5. The Morgan fingerprint density at radius 2 is 1.89 bits per heavy atom. The lowest BCUT2D eigenvalue weighted by molar-refractivity contribution is -0.129. The maximum absolute atomic E-state index is 12.7. The molecular weight excluding hydrogens is 380 g/mol. The van der Waals surface area contributed by atoms with Crippen molar-refractivity contribution in [2.75, 3.05) is 6.54 Å². The number of unbranched alkanes of at least 4 members (excludes halogenated alkanes) is 2. The van der Waals surface area contributed by atoms with Crippen LogP contribution in [0.4, 0.5) is 0 Å². The smallest absolute Gasteiger partial charge is 0.252 e. The summed E-state index contributed by atoms with van der Waals surface area (Å²) >= 11 is 5.79. The molecule has 0 radical (unpaired) electrons. The van der Waals surface area contributed by atoms with Crippen molar-refractivity contribution >= 4 is 47.4 Å². The second kappa shape index (κ2) is 11.6. The number of hydrogen-bond acceptors (Lipinski definition) is 5. The molecular formula is C20H24N2O3S2. The summed E-state index contributed by atoms with van der Waals surface area (Å²) in [6, 6.07) is 11.8. The van der Waals surface area contributed by atoms with Crippen molar-refractivity contribution in [2.45, 2.75) is 31.4 Å². The summed E-state index contributed by atoms with van der Waals surface area (Å²) in [4.78, 5) is 24.5. The minimum atomic E-state index is -0.383. The fourth-order valence-electron chi connectivity index (χ4n) is 2.51. The standard InChI is InChI=1S/C20H24N2O3S2/c23-19(22-25)6-2-1-3-11-21-20(24)17(18-5-4-12-27-18)13-15-7-9-16(14-26)10-8-15/h4-5,7-10,12-13,25-26H,1-3,6,11,14H2,(H,21,24)(H,22,23). The van der Waals surface area contributed by atoms with Crippen molar-refractivity contribution < 1.29 is 14.8 Å². The van der Waals surface area contributed by atoms with Crippen molar-refractivity contribution in [1.29, 1.82) is 0 Å². The Kier molecular flexibility index (Phi) is 9.10. The number of thiophene rings is 1. The highest BCUT2D eigenvalue weighted by Gasteiger charge is 2.13. The van der Waals surface area contributed by atoms with Crippen LogP contribution in [0, 0.1) is 0 Å². The number of rotatable bonds is 10. The molecule has 0 aliphatic rings. The second-order valence-corrected chi connectivity index (χ2v) is 7.30. The van der Waals surface area contributed by atoms with Gasteiger partial charge in [-0.2, -0.15) is 12.6 Å². The molecule has 144 valence electrons. The highest BCUT2D eigenvalue weighted by Crippen LogP contribution is 2.23. The number of carbonyl (C=O) groups excluding carboxylic acids is 2. The van der Waals surface area contributed by atoms with Crippen LogP contribution in [0.15, 0.2) is 41.8 Å². The van der Waals surface area contributed by atoms with Gasteiger partial charge in [0, 0.05) is 23.6 Å². The fraction of sp³-hybridized carbons (Fsp3) is 0.300. The maximum Gasteiger partial charge on any atom is 0.252 e. The number of carbonyl (C=O) groups is 2. The van der Waals surface area contributed by atoms with Gasteiger partial charge in [0.15, 0.2) is 0 Å². The normalized spacial score (nSPS) is 11.3. The van der Waals surface area contributed by atoms with Crippen LogP contribution in [0.2, 0.25) is 0 Å². The van der Waals surface area contributed by atoms with Gasteiger partial charge >= 0.3 is 0 Å². The molecule has 0 fully saturated rings. The molecule has 5 nitrogen and oxygen atoms in total. The minimum absolute atomic E-state index is 0.108. The molecule has 27 heavy (non-hydrogen) atoms. The van der Waals surface area contributed by atoms with Gasteiger partial charge in [0.05, 0.1) is 5.57 Å². The van der Waals surface area contributed by atoms with Gasteiger partial charge in [-0.3, -0.25) is 14.8 Å². The van der Waals surface area contributed by atoms with Crippen LogP contribution in [-0.4, -0.2) is 23.6 Å². The van der Waals surface area contributed by atoms with E-state index in [1.54, 1.807) is 5.48 Å². The lowest BCUT2D eigenvalue weighted by atomic mass is 10.1. The van der Waals surface area contributed by atoms with Gasteiger partial charge in [-0.25, -0.2) is 5.48 Å². The molecule has 1 aromatic carbocycles. The molecule has 0 saturated carbocycles. The number of nitrogens with one attached hydrogen (secondary N) is 2. The zero-order valence-corrected chi connectivity index (χ0v) is 16.7. The van der Waals surface area contributed by atoms with E-state index in [9.17, 15) is 9.59 Å². The molecule has 2 rings (SSSR count). The van der Waals surface area contributed by atoms with Crippen molar-refractivity contribution in [3.63, 3.8) is 0 Å². The Bertz CT molecular complexity index is 756. The van der Waals surface area contributed by atoms with Crippen molar-refractivity contribution in [1.82, 2.24) is 10.8 Å². The predicted octanol–water partition coefficient (Wildman–Crippen LogP) is 3.90. The van der Waals surface area contributed by atoms with E-state index in [-0.39, 0.29) is 18.2 Å². The Morgan fingerprint density at radius 1 is 1.11 bits per heavy atom. The average molecular weight is 405 g/mol. The van der Waals surface area contributed by atoms with E-state index in [1.807, 2.05) is 47.9 Å². The zero-order valence-electron chi connectivity index (χ0n) is 15.0. The van der Waals surface area contributed by atoms with Gasteiger partial charge in [0.1, 0.15) is 0 Å². The first kappa shape index (κ1) is 21.2. The quantitative estimate of drug-likeness (QED) is 0.159. The summed E-state index contributed by atoms with van der Waals surface area (Å²) in [5, 5.41) is 13.4.